The summed E-state index contributed by atoms with van der Waals surface area (Å²) in [6, 6.07) is 0. The van der Waals surface area contributed by atoms with Gasteiger partial charge in [0.25, 0.3) is 0 Å². The Morgan fingerprint density at radius 2 is 0.833 bits per heavy atom. The van der Waals surface area contributed by atoms with Gasteiger partial charge in [-0.15, -0.1) is 0 Å². The molecule has 0 radical (unpaired) electrons. The van der Waals surface area contributed by atoms with Crippen molar-refractivity contribution in [2.24, 2.45) is 0 Å². The van der Waals surface area contributed by atoms with E-state index in [1.807, 2.05) is 0 Å². The molecule has 0 saturated heterocycles. The molecule has 0 spiro atoms. The Labute approximate surface area is 55.4 Å². The van der Waals surface area contributed by atoms with Crippen LogP contribution in [0.4, 0.5) is 0 Å². The van der Waals surface area contributed by atoms with Gasteiger partial charge >= 0.3 is 49.6 Å². The second-order valence-electron chi connectivity index (χ2n) is 0.271. The van der Waals surface area contributed by atoms with Gasteiger partial charge in [0.1, 0.15) is 0 Å². The summed E-state index contributed by atoms with van der Waals surface area (Å²) in [5.74, 6) is 0. The summed E-state index contributed by atoms with van der Waals surface area (Å²) in [5.41, 5.74) is 0. The van der Waals surface area contributed by atoms with Gasteiger partial charge in [-0.1, -0.05) is 0 Å². The summed E-state index contributed by atoms with van der Waals surface area (Å²) in [4.78, 5) is 0. The molecule has 1 nitrogen and oxygen atoms in total. The minimum atomic E-state index is -3.06. The third-order valence-electron chi connectivity index (χ3n) is 0. The van der Waals surface area contributed by atoms with E-state index >= 15 is 0 Å². The van der Waals surface area contributed by atoms with Crippen molar-refractivity contribution in [3.63, 3.8) is 0 Å². The maximum absolute atomic E-state index is 5.01. The first kappa shape index (κ1) is 10.7. The van der Waals surface area contributed by atoms with Crippen LogP contribution >= 0.6 is 37.7 Å². The second kappa shape index (κ2) is 3.77. The van der Waals surface area contributed by atoms with E-state index in [4.69, 9.17) is 37.7 Å². The third kappa shape index (κ3) is 41.1. The van der Waals surface area contributed by atoms with Crippen molar-refractivity contribution in [2.75, 3.05) is 0 Å². The topological polar surface area (TPSA) is 35.0 Å². The first-order valence-electron chi connectivity index (χ1n) is 0.478. The van der Waals surface area contributed by atoms with E-state index in [1.165, 1.54) is 0 Å². The zero-order valence-corrected chi connectivity index (χ0v) is 7.83. The summed E-state index contributed by atoms with van der Waals surface area (Å²) in [6.45, 7) is 0. The van der Waals surface area contributed by atoms with E-state index in [9.17, 15) is 0 Å². The van der Waals surface area contributed by atoms with Gasteiger partial charge in [-0.25, -0.2) is 0 Å². The van der Waals surface area contributed by atoms with Crippen molar-refractivity contribution >= 4 is 37.7 Å². The zero-order chi connectivity index (χ0) is 4.50. The van der Waals surface area contributed by atoms with Gasteiger partial charge in [-0.2, -0.15) is 0 Å². The molecule has 0 aliphatic carbocycles. The van der Waals surface area contributed by atoms with Crippen molar-refractivity contribution in [1.82, 2.24) is 6.15 Å². The molecule has 0 aromatic heterocycles. The predicted octanol–water partition coefficient (Wildman–Crippen LogP) is 2.92. The first-order chi connectivity index (χ1) is 2.00. The van der Waals surface area contributed by atoms with Crippen molar-refractivity contribution in [2.45, 2.75) is 0 Å². The van der Waals surface area contributed by atoms with E-state index in [1.54, 1.807) is 0 Å². The molecule has 0 aliphatic heterocycles. The fourth-order valence-corrected chi connectivity index (χ4v) is 0. The quantitative estimate of drug-likeness (QED) is 0.714. The van der Waals surface area contributed by atoms with Crippen LogP contribution < -0.4 is 6.15 Å². The average Bonchev–Trinajstić information content (AvgIpc) is 0.722. The molecule has 6 heavy (non-hydrogen) atoms. The fourth-order valence-electron chi connectivity index (χ4n) is 0. The van der Waals surface area contributed by atoms with E-state index in [0.29, 0.717) is 0 Å². The average molecular weight is 354 g/mol. The van der Waals surface area contributed by atoms with Crippen LogP contribution in [0.2, 0.25) is 0 Å². The minimum absolute atomic E-state index is 0. The zero-order valence-electron chi connectivity index (χ0n) is 2.54. The molecular formula is H3Cl4NPt. The SMILES string of the molecule is N.[Cl][Pt]([Cl])([Cl])[Cl]. The molecule has 0 bridgehead atoms. The molecule has 0 aromatic carbocycles. The molecular weight excluding hydrogens is 351 g/mol. The molecule has 0 atom stereocenters. The normalized spacial score (nSPS) is 12.7. The Kier molecular flexibility index (Phi) is 6.74. The van der Waals surface area contributed by atoms with Gasteiger partial charge in [0.15, 0.2) is 0 Å². The molecule has 6 heteroatoms. The van der Waals surface area contributed by atoms with Gasteiger partial charge in [0.05, 0.1) is 0 Å². The van der Waals surface area contributed by atoms with Crippen molar-refractivity contribution in [3.05, 3.63) is 0 Å². The van der Waals surface area contributed by atoms with E-state index in [-0.39, 0.29) is 6.15 Å². The van der Waals surface area contributed by atoms with Gasteiger partial charge in [0, 0.05) is 0 Å². The summed E-state index contributed by atoms with van der Waals surface area (Å²) in [5, 5.41) is 0. The van der Waals surface area contributed by atoms with Crippen molar-refractivity contribution in [1.29, 1.82) is 0 Å². The Balaban J connectivity index is 0. The van der Waals surface area contributed by atoms with Crippen LogP contribution in [0, 0.1) is 0 Å². The van der Waals surface area contributed by atoms with Gasteiger partial charge in [0.2, 0.25) is 0 Å². The summed E-state index contributed by atoms with van der Waals surface area (Å²) >= 11 is -3.06. The Morgan fingerprint density at radius 1 is 0.833 bits per heavy atom. The Hall–Kier alpha value is 1.81. The van der Waals surface area contributed by atoms with Crippen molar-refractivity contribution < 1.29 is 11.9 Å². The van der Waals surface area contributed by atoms with E-state index < -0.39 is 11.9 Å². The molecule has 0 aliphatic rings. The standard InChI is InChI=1S/4ClH.H3N.Pt/h4*1H;1H3;/q;;;;;+4/p-4. The summed E-state index contributed by atoms with van der Waals surface area (Å²) in [7, 11) is 20.0. The number of halogens is 4. The molecule has 0 amide bonds. The second-order valence-corrected chi connectivity index (χ2v) is 20.0. The van der Waals surface area contributed by atoms with Crippen LogP contribution in [0.3, 0.4) is 0 Å². The third-order valence-corrected chi connectivity index (χ3v) is 0. The summed E-state index contributed by atoms with van der Waals surface area (Å²) < 4.78 is 0. The molecule has 0 aromatic rings. The van der Waals surface area contributed by atoms with E-state index in [2.05, 4.69) is 0 Å². The Bertz CT molecular complexity index is 23.0. The fraction of sp³-hybridized carbons (Fsp3) is 0. The molecule has 3 N–H and O–H groups in total. The van der Waals surface area contributed by atoms with Crippen LogP contribution in [0.15, 0.2) is 0 Å². The van der Waals surface area contributed by atoms with Crippen LogP contribution in [0.5, 0.6) is 0 Å². The van der Waals surface area contributed by atoms with Gasteiger partial charge in [-0.05, 0) is 0 Å². The Morgan fingerprint density at radius 3 is 0.833 bits per heavy atom. The van der Waals surface area contributed by atoms with Gasteiger partial charge < -0.3 is 6.15 Å². The van der Waals surface area contributed by atoms with Crippen LogP contribution in [0.1, 0.15) is 0 Å². The number of rotatable bonds is 0. The monoisotopic (exact) mass is 352 g/mol. The van der Waals surface area contributed by atoms with E-state index in [0.717, 1.165) is 0 Å². The number of hydrogen-bond acceptors (Lipinski definition) is 1. The van der Waals surface area contributed by atoms with Crippen LogP contribution in [0.25, 0.3) is 0 Å². The van der Waals surface area contributed by atoms with Crippen LogP contribution in [-0.2, 0) is 11.9 Å². The van der Waals surface area contributed by atoms with Crippen molar-refractivity contribution in [3.8, 4) is 0 Å². The molecule has 0 unspecified atom stereocenters. The first-order valence-corrected chi connectivity index (χ1v) is 11.7. The van der Waals surface area contributed by atoms with Crippen LogP contribution in [-0.4, -0.2) is 0 Å². The molecule has 0 heterocycles. The molecule has 46 valence electrons. The maximum atomic E-state index is 5.01. The molecule has 0 rings (SSSR count). The summed E-state index contributed by atoms with van der Waals surface area (Å²) in [6.07, 6.45) is 0. The predicted molar refractivity (Wildman–Crippen MR) is 28.4 cm³/mol. The molecule has 0 fully saturated rings. The van der Waals surface area contributed by atoms with Gasteiger partial charge in [-0.3, -0.25) is 0 Å². The molecule has 0 saturated carbocycles. The number of hydrogen-bond donors (Lipinski definition) is 1.